The van der Waals surface area contributed by atoms with Crippen molar-refractivity contribution in [3.8, 4) is 0 Å². The molecule has 4 rings (SSSR count). The van der Waals surface area contributed by atoms with E-state index >= 15 is 0 Å². The molecule has 2 N–H and O–H groups in total. The van der Waals surface area contributed by atoms with E-state index in [9.17, 15) is 0 Å². The average molecular weight is 332 g/mol. The first-order valence-corrected chi connectivity index (χ1v) is 8.76. The minimum atomic E-state index is -0.123. The Balaban J connectivity index is 1.59. The van der Waals surface area contributed by atoms with Crippen LogP contribution >= 0.6 is 0 Å². The van der Waals surface area contributed by atoms with Crippen LogP contribution in [-0.4, -0.2) is 44.6 Å². The topological polar surface area (TPSA) is 98.0 Å². The van der Waals surface area contributed by atoms with Gasteiger partial charge in [-0.3, -0.25) is 0 Å². The Kier molecular flexibility index (Phi) is 3.99. The van der Waals surface area contributed by atoms with Gasteiger partial charge in [0.15, 0.2) is 11.6 Å². The number of hydrogen-bond donors (Lipinski definition) is 2. The fraction of sp³-hybridized carbons (Fsp3) is 0.750. The minimum absolute atomic E-state index is 0.123. The number of fused-ring (bicyclic) bond motifs is 1. The van der Waals surface area contributed by atoms with Gasteiger partial charge in [0.25, 0.3) is 0 Å². The summed E-state index contributed by atoms with van der Waals surface area (Å²) in [5.41, 5.74) is 0.747. The second-order valence-electron chi connectivity index (χ2n) is 7.40. The molecule has 2 fully saturated rings. The van der Waals surface area contributed by atoms with Crippen molar-refractivity contribution < 1.29 is 9.37 Å². The normalized spacial score (nSPS) is 24.3. The van der Waals surface area contributed by atoms with Gasteiger partial charge in [-0.15, -0.1) is 0 Å². The minimum Gasteiger partial charge on any atom is -0.375 e. The van der Waals surface area contributed by atoms with Gasteiger partial charge in [0, 0.05) is 18.7 Å². The molecule has 8 nitrogen and oxygen atoms in total. The van der Waals surface area contributed by atoms with Crippen LogP contribution in [0.15, 0.2) is 4.63 Å². The molecule has 0 radical (unpaired) electrons. The zero-order valence-corrected chi connectivity index (χ0v) is 14.2. The Morgan fingerprint density at radius 3 is 2.17 bits per heavy atom. The Labute approximate surface area is 140 Å². The van der Waals surface area contributed by atoms with E-state index in [-0.39, 0.29) is 5.60 Å². The van der Waals surface area contributed by atoms with Crippen LogP contribution in [0.4, 0.5) is 11.6 Å². The van der Waals surface area contributed by atoms with Crippen molar-refractivity contribution in [3.05, 3.63) is 0 Å². The standard InChI is InChI=1S/C16H24N6O2/c1-16(2)9-11(7-8-23-16)18-13-12(17-10-5-3-4-6-10)19-14-15(20-13)22-24-21-14/h10-11H,3-9H2,1-2H3,(H,17,19,21)(H,18,20,22). The molecule has 8 heteroatoms. The number of nitrogens with one attached hydrogen (secondary N) is 2. The molecule has 1 atom stereocenters. The van der Waals surface area contributed by atoms with E-state index in [1.807, 2.05) is 0 Å². The summed E-state index contributed by atoms with van der Waals surface area (Å²) >= 11 is 0. The van der Waals surface area contributed by atoms with Crippen LogP contribution in [-0.2, 0) is 4.74 Å². The molecule has 0 spiro atoms. The Hall–Kier alpha value is -1.96. The quantitative estimate of drug-likeness (QED) is 0.882. The van der Waals surface area contributed by atoms with Crippen molar-refractivity contribution in [3.63, 3.8) is 0 Å². The number of anilines is 2. The molecule has 1 aliphatic carbocycles. The molecule has 1 unspecified atom stereocenters. The summed E-state index contributed by atoms with van der Waals surface area (Å²) < 4.78 is 10.6. The summed E-state index contributed by atoms with van der Waals surface area (Å²) in [5, 5.41) is 14.7. The molecule has 3 heterocycles. The predicted octanol–water partition coefficient (Wildman–Crippen LogP) is 2.74. The molecule has 0 aromatic carbocycles. The first-order valence-electron chi connectivity index (χ1n) is 8.76. The van der Waals surface area contributed by atoms with Crippen molar-refractivity contribution >= 4 is 22.9 Å². The van der Waals surface area contributed by atoms with Crippen LogP contribution in [0.5, 0.6) is 0 Å². The average Bonchev–Trinajstić information content (AvgIpc) is 3.18. The summed E-state index contributed by atoms with van der Waals surface area (Å²) in [5.74, 6) is 1.47. The SMILES string of the molecule is CC1(C)CC(Nc2nc3nonc3nc2NC2CCCC2)CCO1. The lowest BCUT2D eigenvalue weighted by Crippen LogP contribution is -2.40. The zero-order valence-electron chi connectivity index (χ0n) is 14.2. The van der Waals surface area contributed by atoms with Gasteiger partial charge in [0.1, 0.15) is 0 Å². The third-order valence-corrected chi connectivity index (χ3v) is 4.85. The van der Waals surface area contributed by atoms with Gasteiger partial charge in [-0.2, -0.15) is 0 Å². The largest absolute Gasteiger partial charge is 0.375 e. The first kappa shape index (κ1) is 15.6. The Bertz CT molecular complexity index is 710. The van der Waals surface area contributed by atoms with Crippen molar-refractivity contribution in [1.82, 2.24) is 20.3 Å². The summed E-state index contributed by atoms with van der Waals surface area (Å²) in [6, 6.07) is 0.743. The lowest BCUT2D eigenvalue weighted by Gasteiger charge is -2.36. The molecule has 1 saturated heterocycles. The molecule has 0 amide bonds. The van der Waals surface area contributed by atoms with Crippen molar-refractivity contribution in [1.29, 1.82) is 0 Å². The molecule has 0 bridgehead atoms. The van der Waals surface area contributed by atoms with Crippen LogP contribution < -0.4 is 10.6 Å². The molecule has 1 aliphatic heterocycles. The maximum absolute atomic E-state index is 5.80. The second-order valence-corrected chi connectivity index (χ2v) is 7.40. The third-order valence-electron chi connectivity index (χ3n) is 4.85. The first-order chi connectivity index (χ1) is 11.6. The number of aromatic nitrogens is 4. The van der Waals surface area contributed by atoms with Crippen LogP contribution in [0, 0.1) is 0 Å². The molecular formula is C16H24N6O2. The van der Waals surface area contributed by atoms with Gasteiger partial charge in [-0.05, 0) is 49.8 Å². The summed E-state index contributed by atoms with van der Waals surface area (Å²) in [7, 11) is 0. The van der Waals surface area contributed by atoms with Gasteiger partial charge in [-0.1, -0.05) is 12.8 Å². The molecule has 2 aromatic heterocycles. The van der Waals surface area contributed by atoms with E-state index in [1.54, 1.807) is 0 Å². The molecule has 2 aromatic rings. The third kappa shape index (κ3) is 3.28. The highest BCUT2D eigenvalue weighted by Crippen LogP contribution is 2.30. The van der Waals surface area contributed by atoms with E-state index in [2.05, 4.69) is 44.8 Å². The van der Waals surface area contributed by atoms with Gasteiger partial charge in [0.05, 0.1) is 5.60 Å². The lowest BCUT2D eigenvalue weighted by atomic mass is 9.94. The highest BCUT2D eigenvalue weighted by molar-refractivity contribution is 5.73. The Morgan fingerprint density at radius 2 is 1.54 bits per heavy atom. The smallest absolute Gasteiger partial charge is 0.245 e. The number of nitrogens with zero attached hydrogens (tertiary/aromatic N) is 4. The van der Waals surface area contributed by atoms with Gasteiger partial charge >= 0.3 is 0 Å². The molecule has 24 heavy (non-hydrogen) atoms. The van der Waals surface area contributed by atoms with E-state index in [0.717, 1.165) is 31.1 Å². The summed E-state index contributed by atoms with van der Waals surface area (Å²) in [6.07, 6.45) is 6.72. The van der Waals surface area contributed by atoms with Crippen LogP contribution in [0.2, 0.25) is 0 Å². The summed E-state index contributed by atoms with van der Waals surface area (Å²) in [4.78, 5) is 9.14. The van der Waals surface area contributed by atoms with Gasteiger partial charge < -0.3 is 15.4 Å². The van der Waals surface area contributed by atoms with E-state index < -0.39 is 0 Å². The fourth-order valence-electron chi connectivity index (χ4n) is 3.65. The van der Waals surface area contributed by atoms with Crippen molar-refractivity contribution in [2.75, 3.05) is 17.2 Å². The van der Waals surface area contributed by atoms with Crippen molar-refractivity contribution in [2.45, 2.75) is 70.1 Å². The van der Waals surface area contributed by atoms with E-state index in [0.29, 0.717) is 23.4 Å². The second kappa shape index (κ2) is 6.16. The highest BCUT2D eigenvalue weighted by Gasteiger charge is 2.30. The maximum Gasteiger partial charge on any atom is 0.245 e. The van der Waals surface area contributed by atoms with E-state index in [4.69, 9.17) is 9.37 Å². The van der Waals surface area contributed by atoms with Crippen LogP contribution in [0.3, 0.4) is 0 Å². The van der Waals surface area contributed by atoms with Crippen LogP contribution in [0.25, 0.3) is 11.3 Å². The van der Waals surface area contributed by atoms with Gasteiger partial charge in [0.2, 0.25) is 11.3 Å². The molecule has 130 valence electrons. The number of rotatable bonds is 4. The predicted molar refractivity (Wildman–Crippen MR) is 89.9 cm³/mol. The summed E-state index contributed by atoms with van der Waals surface area (Å²) in [6.45, 7) is 4.99. The van der Waals surface area contributed by atoms with Gasteiger partial charge in [-0.25, -0.2) is 14.6 Å². The molecule has 1 saturated carbocycles. The van der Waals surface area contributed by atoms with E-state index in [1.165, 1.54) is 25.7 Å². The number of ether oxygens (including phenoxy) is 1. The monoisotopic (exact) mass is 332 g/mol. The van der Waals surface area contributed by atoms with Crippen LogP contribution in [0.1, 0.15) is 52.4 Å². The molecule has 2 aliphatic rings. The fourth-order valence-corrected chi connectivity index (χ4v) is 3.65. The van der Waals surface area contributed by atoms with Crippen molar-refractivity contribution in [2.24, 2.45) is 0 Å². The Morgan fingerprint density at radius 1 is 0.917 bits per heavy atom. The highest BCUT2D eigenvalue weighted by atomic mass is 16.6. The maximum atomic E-state index is 5.80. The number of hydrogen-bond acceptors (Lipinski definition) is 8. The molecular weight excluding hydrogens is 308 g/mol. The zero-order chi connectivity index (χ0) is 16.6. The lowest BCUT2D eigenvalue weighted by molar-refractivity contribution is -0.0553.